The fourth-order valence-electron chi connectivity index (χ4n) is 2.71. The second-order valence-electron chi connectivity index (χ2n) is 5.10. The zero-order valence-electron chi connectivity index (χ0n) is 10.3. The predicted molar refractivity (Wildman–Crippen MR) is 71.2 cm³/mol. The van der Waals surface area contributed by atoms with Gasteiger partial charge in [-0.15, -0.1) is 0 Å². The minimum atomic E-state index is 0.000718. The van der Waals surface area contributed by atoms with Gasteiger partial charge in [0.2, 0.25) is 0 Å². The average molecular weight is 249 g/mol. The molecule has 0 aromatic heterocycles. The number of benzene rings is 1. The van der Waals surface area contributed by atoms with Crippen molar-refractivity contribution >= 4 is 17.3 Å². The maximum Gasteiger partial charge on any atom is 0.0639 e. The molecule has 1 atom stereocenters. The van der Waals surface area contributed by atoms with Gasteiger partial charge in [0.25, 0.3) is 0 Å². The van der Waals surface area contributed by atoms with E-state index < -0.39 is 0 Å². The topological polar surface area (TPSA) is 27.0 Å². The van der Waals surface area contributed by atoms with Crippen molar-refractivity contribution in [2.24, 2.45) is 5.92 Å². The molecule has 0 N–H and O–H groups in total. The molecule has 0 amide bonds. The summed E-state index contributed by atoms with van der Waals surface area (Å²) in [4.78, 5) is 2.33. The molecule has 0 spiro atoms. The van der Waals surface area contributed by atoms with E-state index in [9.17, 15) is 0 Å². The molecule has 1 fully saturated rings. The molecule has 0 radical (unpaired) electrons. The minimum absolute atomic E-state index is 0.000718. The Hall–Kier alpha value is -1.20. The third kappa shape index (κ3) is 2.12. The highest BCUT2D eigenvalue weighted by atomic mass is 35.5. The van der Waals surface area contributed by atoms with Crippen LogP contribution in [0.5, 0.6) is 0 Å². The molecule has 1 aliphatic rings. The molecule has 3 heteroatoms. The standard InChI is InChI=1S/C14H17ClN2/c1-14(2)11(7-9-16)8-10-17(14)13-6-4-3-5-12(13)15/h3-6,11H,7-8,10H2,1-2H3. The summed E-state index contributed by atoms with van der Waals surface area (Å²) in [6.45, 7) is 5.37. The summed E-state index contributed by atoms with van der Waals surface area (Å²) in [6, 6.07) is 10.2. The van der Waals surface area contributed by atoms with Gasteiger partial charge in [-0.05, 0) is 38.3 Å². The lowest BCUT2D eigenvalue weighted by Crippen LogP contribution is -2.42. The minimum Gasteiger partial charge on any atom is -0.365 e. The smallest absolute Gasteiger partial charge is 0.0639 e. The molecule has 1 aliphatic heterocycles. The van der Waals surface area contributed by atoms with Crippen LogP contribution < -0.4 is 4.90 Å². The summed E-state index contributed by atoms with van der Waals surface area (Å²) in [7, 11) is 0. The van der Waals surface area contributed by atoms with E-state index in [1.807, 2.05) is 18.2 Å². The highest BCUT2D eigenvalue weighted by Gasteiger charge is 2.41. The molecular weight excluding hydrogens is 232 g/mol. The molecule has 2 rings (SSSR count). The second kappa shape index (κ2) is 4.58. The number of rotatable bonds is 2. The van der Waals surface area contributed by atoms with Crippen LogP contribution in [0.3, 0.4) is 0 Å². The van der Waals surface area contributed by atoms with Crippen molar-refractivity contribution in [3.05, 3.63) is 29.3 Å². The third-order valence-corrected chi connectivity index (χ3v) is 4.20. The largest absolute Gasteiger partial charge is 0.365 e. The predicted octanol–water partition coefficient (Wildman–Crippen LogP) is 3.86. The van der Waals surface area contributed by atoms with Crippen LogP contribution in [-0.4, -0.2) is 12.1 Å². The first-order valence-corrected chi connectivity index (χ1v) is 6.34. The van der Waals surface area contributed by atoms with Crippen LogP contribution >= 0.6 is 11.6 Å². The van der Waals surface area contributed by atoms with Crippen LogP contribution in [0.2, 0.25) is 5.02 Å². The van der Waals surface area contributed by atoms with Gasteiger partial charge in [-0.2, -0.15) is 5.26 Å². The number of hydrogen-bond donors (Lipinski definition) is 0. The summed E-state index contributed by atoms with van der Waals surface area (Å²) in [5.41, 5.74) is 1.08. The van der Waals surface area contributed by atoms with Gasteiger partial charge in [0, 0.05) is 18.5 Å². The Kier molecular flexibility index (Phi) is 3.31. The lowest BCUT2D eigenvalue weighted by Gasteiger charge is -2.37. The first kappa shape index (κ1) is 12.3. The molecule has 1 saturated heterocycles. The number of hydrogen-bond acceptors (Lipinski definition) is 2. The zero-order valence-corrected chi connectivity index (χ0v) is 11.0. The quantitative estimate of drug-likeness (QED) is 0.795. The van der Waals surface area contributed by atoms with E-state index in [0.29, 0.717) is 12.3 Å². The highest BCUT2D eigenvalue weighted by molar-refractivity contribution is 6.33. The van der Waals surface area contributed by atoms with Gasteiger partial charge in [0.1, 0.15) is 0 Å². The van der Waals surface area contributed by atoms with Crippen molar-refractivity contribution in [1.82, 2.24) is 0 Å². The van der Waals surface area contributed by atoms with Crippen molar-refractivity contribution < 1.29 is 0 Å². The van der Waals surface area contributed by atoms with E-state index in [1.54, 1.807) is 0 Å². The Labute approximate surface area is 108 Å². The zero-order chi connectivity index (χ0) is 12.5. The third-order valence-electron chi connectivity index (χ3n) is 3.88. The van der Waals surface area contributed by atoms with Crippen LogP contribution in [0, 0.1) is 17.2 Å². The molecule has 2 nitrogen and oxygen atoms in total. The average Bonchev–Trinajstić information content (AvgIpc) is 2.57. The van der Waals surface area contributed by atoms with Gasteiger partial charge in [0.15, 0.2) is 0 Å². The van der Waals surface area contributed by atoms with Gasteiger partial charge in [-0.3, -0.25) is 0 Å². The Morgan fingerprint density at radius 3 is 2.82 bits per heavy atom. The summed E-state index contributed by atoms with van der Waals surface area (Å²) >= 11 is 6.25. The number of nitriles is 1. The molecule has 1 heterocycles. The first-order chi connectivity index (χ1) is 8.07. The van der Waals surface area contributed by atoms with Crippen molar-refractivity contribution in [2.45, 2.75) is 32.2 Å². The molecule has 90 valence electrons. The highest BCUT2D eigenvalue weighted by Crippen LogP contribution is 2.41. The van der Waals surface area contributed by atoms with Gasteiger partial charge in [-0.25, -0.2) is 0 Å². The Bertz CT molecular complexity index is 448. The summed E-state index contributed by atoms with van der Waals surface area (Å²) in [5.74, 6) is 0.420. The maximum absolute atomic E-state index is 8.88. The van der Waals surface area contributed by atoms with E-state index in [0.717, 1.165) is 23.7 Å². The number of para-hydroxylation sites is 1. The Balaban J connectivity index is 2.30. The van der Waals surface area contributed by atoms with Crippen LogP contribution in [0.15, 0.2) is 24.3 Å². The lowest BCUT2D eigenvalue weighted by molar-refractivity contribution is 0.371. The molecular formula is C14H17ClN2. The maximum atomic E-state index is 8.88. The molecule has 17 heavy (non-hydrogen) atoms. The molecule has 0 bridgehead atoms. The molecule has 0 aliphatic carbocycles. The van der Waals surface area contributed by atoms with Crippen LogP contribution in [0.1, 0.15) is 26.7 Å². The van der Waals surface area contributed by atoms with E-state index in [-0.39, 0.29) is 5.54 Å². The molecule has 1 aromatic rings. The number of nitrogens with zero attached hydrogens (tertiary/aromatic N) is 2. The fraction of sp³-hybridized carbons (Fsp3) is 0.500. The van der Waals surface area contributed by atoms with E-state index >= 15 is 0 Å². The van der Waals surface area contributed by atoms with Crippen molar-refractivity contribution in [3.8, 4) is 6.07 Å². The van der Waals surface area contributed by atoms with E-state index in [4.69, 9.17) is 16.9 Å². The van der Waals surface area contributed by atoms with Gasteiger partial charge in [0.05, 0.1) is 16.8 Å². The van der Waals surface area contributed by atoms with Crippen molar-refractivity contribution in [2.75, 3.05) is 11.4 Å². The van der Waals surface area contributed by atoms with Crippen LogP contribution in [0.4, 0.5) is 5.69 Å². The fourth-order valence-corrected chi connectivity index (χ4v) is 2.95. The SMILES string of the molecule is CC1(C)C(CC#N)CCN1c1ccccc1Cl. The molecule has 1 unspecified atom stereocenters. The normalized spacial score (nSPS) is 22.5. The Morgan fingerprint density at radius 1 is 1.47 bits per heavy atom. The second-order valence-corrected chi connectivity index (χ2v) is 5.51. The molecule has 0 saturated carbocycles. The number of halogens is 1. The Morgan fingerprint density at radius 2 is 2.18 bits per heavy atom. The molecule has 1 aromatic carbocycles. The van der Waals surface area contributed by atoms with E-state index in [1.165, 1.54) is 0 Å². The van der Waals surface area contributed by atoms with Crippen molar-refractivity contribution in [1.29, 1.82) is 5.26 Å². The van der Waals surface area contributed by atoms with Crippen LogP contribution in [-0.2, 0) is 0 Å². The van der Waals surface area contributed by atoms with Gasteiger partial charge >= 0.3 is 0 Å². The first-order valence-electron chi connectivity index (χ1n) is 5.96. The van der Waals surface area contributed by atoms with Gasteiger partial charge in [-0.1, -0.05) is 23.7 Å². The van der Waals surface area contributed by atoms with Crippen LogP contribution in [0.25, 0.3) is 0 Å². The number of anilines is 1. The summed E-state index contributed by atoms with van der Waals surface area (Å²) in [6.07, 6.45) is 1.68. The summed E-state index contributed by atoms with van der Waals surface area (Å²) < 4.78 is 0. The monoisotopic (exact) mass is 248 g/mol. The van der Waals surface area contributed by atoms with Crippen molar-refractivity contribution in [3.63, 3.8) is 0 Å². The van der Waals surface area contributed by atoms with Gasteiger partial charge < -0.3 is 4.90 Å². The van der Waals surface area contributed by atoms with E-state index in [2.05, 4.69) is 30.9 Å². The lowest BCUT2D eigenvalue weighted by atomic mass is 9.86. The summed E-state index contributed by atoms with van der Waals surface area (Å²) in [5, 5.41) is 9.67.